The predicted octanol–water partition coefficient (Wildman–Crippen LogP) is 2.03. The SMILES string of the molecule is [B]=C(NC(C)(C)C)C1CN(C)S(=O)(=O)c2ccccc2C(=O)N1Cc1ccc(OC)cc1. The summed E-state index contributed by atoms with van der Waals surface area (Å²) in [5, 5.41) is 3.22. The van der Waals surface area contributed by atoms with Crippen molar-refractivity contribution in [3.8, 4) is 5.75 Å². The van der Waals surface area contributed by atoms with E-state index in [-0.39, 0.29) is 29.1 Å². The summed E-state index contributed by atoms with van der Waals surface area (Å²) < 4.78 is 32.8. The fraction of sp³-hybridized carbons (Fsp3) is 0.391. The van der Waals surface area contributed by atoms with Crippen LogP contribution < -0.4 is 10.1 Å². The summed E-state index contributed by atoms with van der Waals surface area (Å²) in [6.45, 7) is 6.13. The van der Waals surface area contributed by atoms with Gasteiger partial charge in [0.15, 0.2) is 0 Å². The van der Waals surface area contributed by atoms with Gasteiger partial charge in [0.05, 0.1) is 0 Å². The number of hydrogen-bond donors (Lipinski definition) is 1. The Morgan fingerprint density at radius 1 is 1.16 bits per heavy atom. The molecule has 9 heteroatoms. The number of amides is 1. The van der Waals surface area contributed by atoms with E-state index in [9.17, 15) is 13.2 Å². The summed E-state index contributed by atoms with van der Waals surface area (Å²) in [5.41, 5.74) is 0.967. The van der Waals surface area contributed by atoms with Gasteiger partial charge in [-0.15, -0.1) is 0 Å². The molecule has 2 aromatic rings. The van der Waals surface area contributed by atoms with Crippen molar-refractivity contribution in [1.29, 1.82) is 0 Å². The predicted molar refractivity (Wildman–Crippen MR) is 127 cm³/mol. The van der Waals surface area contributed by atoms with E-state index >= 15 is 0 Å². The van der Waals surface area contributed by atoms with Gasteiger partial charge in [-0.2, -0.15) is 0 Å². The fourth-order valence-electron chi connectivity index (χ4n) is 3.66. The second kappa shape index (κ2) is 9.07. The van der Waals surface area contributed by atoms with Crippen molar-refractivity contribution in [3.05, 3.63) is 59.7 Å². The molecule has 7 nitrogen and oxygen atoms in total. The first kappa shape index (κ1) is 24.0. The van der Waals surface area contributed by atoms with Gasteiger partial charge in [-0.3, -0.25) is 0 Å². The third-order valence-electron chi connectivity index (χ3n) is 5.26. The Kier molecular flexibility index (Phi) is 6.81. The summed E-state index contributed by atoms with van der Waals surface area (Å²) in [6.07, 6.45) is 0. The maximum absolute atomic E-state index is 13.7. The number of rotatable bonds is 5. The van der Waals surface area contributed by atoms with E-state index in [4.69, 9.17) is 12.2 Å². The van der Waals surface area contributed by atoms with E-state index in [1.807, 2.05) is 45.0 Å². The van der Waals surface area contributed by atoms with Crippen molar-refractivity contribution >= 4 is 29.0 Å². The standard InChI is InChI=1S/C23H29BN3O4S/c1-23(2,3)25-21(24)19-15-26(4)32(29,30)20-9-7-6-8-18(20)22(28)27(19)14-16-10-12-17(31-5)13-11-16/h6-13,19,25H,14-15H2,1-5H3. The van der Waals surface area contributed by atoms with Gasteiger partial charge >= 0.3 is 191 Å². The number of methoxy groups -OCH3 is 1. The zero-order valence-corrected chi connectivity index (χ0v) is 19.9. The van der Waals surface area contributed by atoms with E-state index in [2.05, 4.69) is 5.32 Å². The van der Waals surface area contributed by atoms with Crippen LogP contribution in [0.25, 0.3) is 0 Å². The second-order valence-electron chi connectivity index (χ2n) is 8.91. The van der Waals surface area contributed by atoms with Gasteiger partial charge < -0.3 is 0 Å². The first-order valence-corrected chi connectivity index (χ1v) is 11.8. The van der Waals surface area contributed by atoms with E-state index in [1.54, 1.807) is 30.2 Å². The number of hydrogen-bond acceptors (Lipinski definition) is 5. The number of fused-ring (bicyclic) bond motifs is 1. The Bertz CT molecular complexity index is 1110. The molecule has 0 saturated heterocycles. The Labute approximate surface area is 191 Å². The van der Waals surface area contributed by atoms with Crippen LogP contribution in [0.2, 0.25) is 0 Å². The Morgan fingerprint density at radius 3 is 2.38 bits per heavy atom. The van der Waals surface area contributed by atoms with Crippen LogP contribution in [0.1, 0.15) is 36.7 Å². The van der Waals surface area contributed by atoms with E-state index < -0.39 is 22.0 Å². The fourth-order valence-corrected chi connectivity index (χ4v) is 5.02. The summed E-state index contributed by atoms with van der Waals surface area (Å²) in [5.74, 6) is 0.317. The van der Waals surface area contributed by atoms with Crippen molar-refractivity contribution in [2.75, 3.05) is 20.7 Å². The molecule has 0 fully saturated rings. The van der Waals surface area contributed by atoms with Gasteiger partial charge in [0, 0.05) is 0 Å². The molecule has 1 amide bonds. The van der Waals surface area contributed by atoms with Crippen molar-refractivity contribution in [3.63, 3.8) is 0 Å². The number of ether oxygens (including phenoxy) is 1. The summed E-state index contributed by atoms with van der Waals surface area (Å²) in [4.78, 5) is 15.3. The molecule has 0 saturated carbocycles. The van der Waals surface area contributed by atoms with Crippen LogP contribution in [0.4, 0.5) is 0 Å². The first-order valence-electron chi connectivity index (χ1n) is 10.3. The zero-order chi connectivity index (χ0) is 23.7. The number of likely N-dealkylation sites (N-methyl/N-ethyl adjacent to an activating group) is 1. The summed E-state index contributed by atoms with van der Waals surface area (Å²) >= 11 is 0. The van der Waals surface area contributed by atoms with Crippen LogP contribution >= 0.6 is 0 Å². The normalized spacial score (nSPS) is 18.9. The maximum atomic E-state index is 13.7. The van der Waals surface area contributed by atoms with E-state index in [0.717, 1.165) is 5.56 Å². The van der Waals surface area contributed by atoms with E-state index in [0.29, 0.717) is 11.3 Å². The molecule has 0 aliphatic carbocycles. The van der Waals surface area contributed by atoms with Crippen LogP contribution in [0, 0.1) is 0 Å². The molecule has 1 N–H and O–H groups in total. The molecule has 1 atom stereocenters. The van der Waals surface area contributed by atoms with Gasteiger partial charge in [-0.25, -0.2) is 0 Å². The molecule has 1 unspecified atom stereocenters. The van der Waals surface area contributed by atoms with Crippen LogP contribution in [0.3, 0.4) is 0 Å². The molecule has 0 bridgehead atoms. The average molecular weight is 454 g/mol. The molecule has 169 valence electrons. The minimum absolute atomic E-state index is 0.00645. The Morgan fingerprint density at radius 2 is 1.78 bits per heavy atom. The monoisotopic (exact) mass is 454 g/mol. The molecule has 2 aromatic carbocycles. The van der Waals surface area contributed by atoms with E-state index in [1.165, 1.54) is 17.4 Å². The topological polar surface area (TPSA) is 79.0 Å². The zero-order valence-electron chi connectivity index (χ0n) is 19.1. The van der Waals surface area contributed by atoms with Crippen molar-refractivity contribution in [2.45, 2.75) is 43.8 Å². The Hall–Kier alpha value is -2.65. The number of sulfonamides is 1. The quantitative estimate of drug-likeness (QED) is 0.700. The average Bonchev–Trinajstić information content (AvgIpc) is 2.74. The molecule has 1 radical (unpaired) electrons. The Balaban J connectivity index is 2.11. The van der Waals surface area contributed by atoms with Gasteiger partial charge in [-0.1, -0.05) is 0 Å². The molecule has 1 heterocycles. The molecule has 0 spiro atoms. The summed E-state index contributed by atoms with van der Waals surface area (Å²) in [7, 11) is 5.69. The molecule has 0 aromatic heterocycles. The van der Waals surface area contributed by atoms with Crippen LogP contribution in [-0.2, 0) is 16.6 Å². The second-order valence-corrected chi connectivity index (χ2v) is 10.9. The third-order valence-corrected chi connectivity index (χ3v) is 7.14. The number of nitrogens with zero attached hydrogens (tertiary/aromatic N) is 2. The van der Waals surface area contributed by atoms with Crippen LogP contribution in [0.15, 0.2) is 53.4 Å². The van der Waals surface area contributed by atoms with Crippen LogP contribution in [-0.4, -0.2) is 68.9 Å². The molecule has 3 rings (SSSR count). The van der Waals surface area contributed by atoms with Crippen molar-refractivity contribution in [1.82, 2.24) is 14.5 Å². The number of nitrogens with one attached hydrogen (secondary N) is 1. The first-order chi connectivity index (χ1) is 14.9. The molecule has 32 heavy (non-hydrogen) atoms. The van der Waals surface area contributed by atoms with Crippen LogP contribution in [0.5, 0.6) is 5.75 Å². The summed E-state index contributed by atoms with van der Waals surface area (Å²) in [6, 6.07) is 13.0. The number of benzene rings is 2. The van der Waals surface area contributed by atoms with Gasteiger partial charge in [0.1, 0.15) is 0 Å². The third kappa shape index (κ3) is 5.05. The number of carbonyl (C=O) groups is 1. The van der Waals surface area contributed by atoms with Gasteiger partial charge in [-0.05, 0) is 0 Å². The van der Waals surface area contributed by atoms with Crippen molar-refractivity contribution < 1.29 is 17.9 Å². The molecule has 1 aliphatic heterocycles. The van der Waals surface area contributed by atoms with Crippen molar-refractivity contribution in [2.24, 2.45) is 0 Å². The molecule has 1 aliphatic rings. The molecular weight excluding hydrogens is 425 g/mol. The van der Waals surface area contributed by atoms with Gasteiger partial charge in [0.25, 0.3) is 0 Å². The number of carbonyl (C=O) groups excluding carboxylic acids is 1. The minimum atomic E-state index is -3.86. The molecular formula is C23H29BN3O4S. The van der Waals surface area contributed by atoms with Gasteiger partial charge in [0.2, 0.25) is 0 Å².